The molecule has 1 aliphatic heterocycles. The fourth-order valence-electron chi connectivity index (χ4n) is 3.56. The molecule has 0 saturated carbocycles. The first-order valence-corrected chi connectivity index (χ1v) is 10.9. The van der Waals surface area contributed by atoms with Gasteiger partial charge in [0, 0.05) is 5.75 Å². The summed E-state index contributed by atoms with van der Waals surface area (Å²) >= 11 is 1.64. The number of hydrogen-bond acceptors (Lipinski definition) is 5. The first-order chi connectivity index (χ1) is 14.8. The Labute approximate surface area is 179 Å². The van der Waals surface area contributed by atoms with E-state index in [0.717, 1.165) is 22.2 Å². The van der Waals surface area contributed by atoms with Gasteiger partial charge in [-0.15, -0.1) is 10.2 Å². The molecular weight excluding hydrogens is 390 g/mol. The molecule has 0 fully saturated rings. The quantitative estimate of drug-likeness (QED) is 0.523. The zero-order chi connectivity index (χ0) is 20.3. The number of fused-ring (bicyclic) bond motifs is 1. The molecule has 1 aliphatic rings. The number of benzene rings is 3. The van der Waals surface area contributed by atoms with E-state index >= 15 is 0 Å². The largest absolute Gasteiger partial charge is 0.321 e. The molecule has 2 N–H and O–H groups in total. The summed E-state index contributed by atoms with van der Waals surface area (Å²) in [5.41, 5.74) is 12.1. The molecule has 1 aromatic heterocycles. The average molecular weight is 412 g/mol. The lowest BCUT2D eigenvalue weighted by Crippen LogP contribution is -2.21. The van der Waals surface area contributed by atoms with Gasteiger partial charge in [-0.1, -0.05) is 96.7 Å². The van der Waals surface area contributed by atoms with Gasteiger partial charge in [0.15, 0.2) is 5.82 Å². The van der Waals surface area contributed by atoms with E-state index in [4.69, 9.17) is 10.8 Å². The number of nitrogens with two attached hydrogens (primary N) is 1. The molecule has 0 bridgehead atoms. The molecule has 4 aromatic rings. The van der Waals surface area contributed by atoms with Crippen molar-refractivity contribution in [3.63, 3.8) is 0 Å². The lowest BCUT2D eigenvalue weighted by Gasteiger charge is -2.16. The standard InChI is InChI=1S/C24H21N5S/c25-21(15-17-7-3-1-4-8-17)23-26-27-24-29(23)28-22(16-30-24)20-13-11-19(12-14-20)18-9-5-2-6-10-18/h1-14,21H,15-16,25H2. The van der Waals surface area contributed by atoms with Crippen molar-refractivity contribution in [1.82, 2.24) is 14.9 Å². The summed E-state index contributed by atoms with van der Waals surface area (Å²) in [4.78, 5) is 0. The van der Waals surface area contributed by atoms with E-state index in [2.05, 4.69) is 70.9 Å². The highest BCUT2D eigenvalue weighted by molar-refractivity contribution is 7.99. The molecule has 0 amide bonds. The van der Waals surface area contributed by atoms with E-state index in [1.807, 2.05) is 28.9 Å². The van der Waals surface area contributed by atoms with Gasteiger partial charge in [-0.25, -0.2) is 0 Å². The van der Waals surface area contributed by atoms with Gasteiger partial charge in [0.25, 0.3) is 0 Å². The van der Waals surface area contributed by atoms with Crippen LogP contribution in [0.25, 0.3) is 11.1 Å². The molecule has 1 unspecified atom stereocenters. The predicted octanol–water partition coefficient (Wildman–Crippen LogP) is 4.55. The maximum Gasteiger partial charge on any atom is 0.212 e. The minimum Gasteiger partial charge on any atom is -0.321 e. The van der Waals surface area contributed by atoms with Gasteiger partial charge < -0.3 is 5.73 Å². The van der Waals surface area contributed by atoms with Crippen molar-refractivity contribution < 1.29 is 0 Å². The molecule has 0 spiro atoms. The minimum atomic E-state index is -0.266. The number of hydrogen-bond donors (Lipinski definition) is 1. The van der Waals surface area contributed by atoms with Crippen molar-refractivity contribution in [3.05, 3.63) is 102 Å². The smallest absolute Gasteiger partial charge is 0.212 e. The van der Waals surface area contributed by atoms with Crippen LogP contribution in [-0.2, 0) is 6.42 Å². The Morgan fingerprint density at radius 2 is 1.43 bits per heavy atom. The maximum atomic E-state index is 6.46. The molecule has 0 saturated heterocycles. The summed E-state index contributed by atoms with van der Waals surface area (Å²) in [6.45, 7) is 0. The normalized spacial score (nSPS) is 14.1. The van der Waals surface area contributed by atoms with Crippen molar-refractivity contribution in [3.8, 4) is 11.1 Å². The van der Waals surface area contributed by atoms with Crippen LogP contribution in [0.3, 0.4) is 0 Å². The fourth-order valence-corrected chi connectivity index (χ4v) is 4.41. The molecular formula is C24H21N5S. The summed E-state index contributed by atoms with van der Waals surface area (Å²) in [6.07, 6.45) is 0.695. The lowest BCUT2D eigenvalue weighted by atomic mass is 10.0. The van der Waals surface area contributed by atoms with Gasteiger partial charge in [-0.05, 0) is 28.7 Å². The van der Waals surface area contributed by atoms with Gasteiger partial charge in [0.05, 0.1) is 11.8 Å². The van der Waals surface area contributed by atoms with E-state index in [1.54, 1.807) is 11.8 Å². The lowest BCUT2D eigenvalue weighted by molar-refractivity contribution is 0.606. The summed E-state index contributed by atoms with van der Waals surface area (Å²) in [5.74, 6) is 1.45. The van der Waals surface area contributed by atoms with Crippen LogP contribution in [0.4, 0.5) is 0 Å². The van der Waals surface area contributed by atoms with E-state index in [1.165, 1.54) is 16.7 Å². The van der Waals surface area contributed by atoms with Crippen LogP contribution in [0.15, 0.2) is 95.2 Å². The second-order valence-electron chi connectivity index (χ2n) is 7.23. The third kappa shape index (κ3) is 3.79. The molecule has 5 rings (SSSR count). The van der Waals surface area contributed by atoms with Gasteiger partial charge in [0.2, 0.25) is 5.16 Å². The molecule has 0 radical (unpaired) electrons. The fraction of sp³-hybridized carbons (Fsp3) is 0.125. The van der Waals surface area contributed by atoms with Crippen LogP contribution < -0.4 is 5.73 Å². The Kier molecular flexibility index (Phi) is 5.17. The zero-order valence-electron chi connectivity index (χ0n) is 16.3. The highest BCUT2D eigenvalue weighted by Crippen LogP contribution is 2.27. The number of rotatable bonds is 5. The summed E-state index contributed by atoms with van der Waals surface area (Å²) < 4.78 is 1.81. The van der Waals surface area contributed by atoms with Gasteiger partial charge >= 0.3 is 0 Å². The van der Waals surface area contributed by atoms with Gasteiger partial charge in [-0.3, -0.25) is 0 Å². The number of nitrogens with zero attached hydrogens (tertiary/aromatic N) is 4. The minimum absolute atomic E-state index is 0.266. The van der Waals surface area contributed by atoms with E-state index in [-0.39, 0.29) is 6.04 Å². The van der Waals surface area contributed by atoms with Crippen LogP contribution in [-0.4, -0.2) is 26.3 Å². The number of thioether (sulfide) groups is 1. The van der Waals surface area contributed by atoms with Gasteiger partial charge in [0.1, 0.15) is 0 Å². The molecule has 3 aromatic carbocycles. The second kappa shape index (κ2) is 8.26. The third-order valence-corrected chi connectivity index (χ3v) is 6.08. The van der Waals surface area contributed by atoms with Gasteiger partial charge in [-0.2, -0.15) is 9.78 Å². The van der Waals surface area contributed by atoms with E-state index < -0.39 is 0 Å². The van der Waals surface area contributed by atoms with Crippen molar-refractivity contribution in [2.24, 2.45) is 10.8 Å². The van der Waals surface area contributed by atoms with Crippen LogP contribution in [0, 0.1) is 0 Å². The van der Waals surface area contributed by atoms with Crippen molar-refractivity contribution in [1.29, 1.82) is 0 Å². The Hall–Kier alpha value is -3.22. The molecule has 148 valence electrons. The molecule has 5 nitrogen and oxygen atoms in total. The summed E-state index contributed by atoms with van der Waals surface area (Å²) in [6, 6.07) is 28.8. The topological polar surface area (TPSA) is 69.1 Å². The highest BCUT2D eigenvalue weighted by atomic mass is 32.2. The molecule has 2 heterocycles. The van der Waals surface area contributed by atoms with Crippen LogP contribution >= 0.6 is 11.8 Å². The van der Waals surface area contributed by atoms with Crippen LogP contribution in [0.1, 0.15) is 23.0 Å². The molecule has 1 atom stereocenters. The Bertz CT molecular complexity index is 1170. The average Bonchev–Trinajstić information content (AvgIpc) is 3.24. The molecule has 0 aliphatic carbocycles. The Morgan fingerprint density at radius 3 is 2.17 bits per heavy atom. The first-order valence-electron chi connectivity index (χ1n) is 9.89. The van der Waals surface area contributed by atoms with E-state index in [0.29, 0.717) is 12.2 Å². The SMILES string of the molecule is NC(Cc1ccccc1)c1nnc2n1N=C(c1ccc(-c3ccccc3)cc1)CS2. The van der Waals surface area contributed by atoms with Crippen molar-refractivity contribution >= 4 is 17.5 Å². The summed E-state index contributed by atoms with van der Waals surface area (Å²) in [7, 11) is 0. The number of aromatic nitrogens is 3. The Balaban J connectivity index is 1.41. The molecule has 30 heavy (non-hydrogen) atoms. The second-order valence-corrected chi connectivity index (χ2v) is 8.17. The van der Waals surface area contributed by atoms with Crippen LogP contribution in [0.2, 0.25) is 0 Å². The van der Waals surface area contributed by atoms with Crippen molar-refractivity contribution in [2.45, 2.75) is 17.6 Å². The molecule has 6 heteroatoms. The van der Waals surface area contributed by atoms with Crippen molar-refractivity contribution in [2.75, 3.05) is 5.75 Å². The Morgan fingerprint density at radius 1 is 0.800 bits per heavy atom. The third-order valence-electron chi connectivity index (χ3n) is 5.15. The highest BCUT2D eigenvalue weighted by Gasteiger charge is 2.23. The summed E-state index contributed by atoms with van der Waals surface area (Å²) in [5, 5.41) is 14.3. The van der Waals surface area contributed by atoms with Crippen LogP contribution in [0.5, 0.6) is 0 Å². The maximum absolute atomic E-state index is 6.46. The monoisotopic (exact) mass is 411 g/mol. The zero-order valence-corrected chi connectivity index (χ0v) is 17.2. The van der Waals surface area contributed by atoms with E-state index in [9.17, 15) is 0 Å². The first kappa shape index (κ1) is 18.8. The predicted molar refractivity (Wildman–Crippen MR) is 122 cm³/mol.